The van der Waals surface area contributed by atoms with Gasteiger partial charge in [0.2, 0.25) is 0 Å². The summed E-state index contributed by atoms with van der Waals surface area (Å²) in [6.07, 6.45) is 0.346. The molecule has 2 aromatic carbocycles. The maximum atomic E-state index is 12.3. The third kappa shape index (κ3) is 3.36. The van der Waals surface area contributed by atoms with Gasteiger partial charge in [-0.3, -0.25) is 4.79 Å². The van der Waals surface area contributed by atoms with Gasteiger partial charge >= 0.3 is 0 Å². The summed E-state index contributed by atoms with van der Waals surface area (Å²) in [7, 11) is 1.55. The lowest BCUT2D eigenvalue weighted by Crippen LogP contribution is -2.06. The van der Waals surface area contributed by atoms with E-state index >= 15 is 0 Å². The maximum absolute atomic E-state index is 12.3. The quantitative estimate of drug-likeness (QED) is 0.785. The largest absolute Gasteiger partial charge is 0.496 e. The minimum Gasteiger partial charge on any atom is -0.496 e. The van der Waals surface area contributed by atoms with Gasteiger partial charge in [0.25, 0.3) is 0 Å². The number of aryl methyl sites for hydroxylation is 1. The van der Waals surface area contributed by atoms with Gasteiger partial charge in [-0.2, -0.15) is 0 Å². The molecule has 0 aliphatic heterocycles. The minimum atomic E-state index is 0.00458. The zero-order valence-corrected chi connectivity index (χ0v) is 11.7. The molecule has 0 fully saturated rings. The molecule has 0 saturated heterocycles. The summed E-state index contributed by atoms with van der Waals surface area (Å²) < 4.78 is 5.20. The standard InChI is InChI=1S/C16H15ClO2/c1-11-4-3-5-12(8-11)9-15(18)14-10-13(17)6-7-16(14)19-2/h3-8,10H,9H2,1-2H3. The van der Waals surface area contributed by atoms with Crippen LogP contribution in [0, 0.1) is 6.92 Å². The number of ketones is 1. The van der Waals surface area contributed by atoms with E-state index in [4.69, 9.17) is 16.3 Å². The van der Waals surface area contributed by atoms with E-state index in [1.165, 1.54) is 0 Å². The molecule has 0 saturated carbocycles. The highest BCUT2D eigenvalue weighted by molar-refractivity contribution is 6.31. The number of carbonyl (C=O) groups is 1. The number of halogens is 1. The fourth-order valence-electron chi connectivity index (χ4n) is 2.00. The molecule has 0 aromatic heterocycles. The topological polar surface area (TPSA) is 26.3 Å². The fourth-order valence-corrected chi connectivity index (χ4v) is 2.17. The van der Waals surface area contributed by atoms with Gasteiger partial charge in [0, 0.05) is 11.4 Å². The first kappa shape index (κ1) is 13.6. The molecular formula is C16H15ClO2. The molecule has 2 nitrogen and oxygen atoms in total. The highest BCUT2D eigenvalue weighted by Gasteiger charge is 2.13. The number of hydrogen-bond donors (Lipinski definition) is 0. The summed E-state index contributed by atoms with van der Waals surface area (Å²) in [5.41, 5.74) is 2.66. The molecule has 0 spiro atoms. The molecule has 0 N–H and O–H groups in total. The highest BCUT2D eigenvalue weighted by atomic mass is 35.5. The van der Waals surface area contributed by atoms with E-state index in [1.54, 1.807) is 25.3 Å². The Morgan fingerprint density at radius 2 is 2.00 bits per heavy atom. The Kier molecular flexibility index (Phi) is 4.23. The Labute approximate surface area is 118 Å². The van der Waals surface area contributed by atoms with Crippen molar-refractivity contribution < 1.29 is 9.53 Å². The summed E-state index contributed by atoms with van der Waals surface area (Å²) in [5.74, 6) is 0.562. The van der Waals surface area contributed by atoms with Crippen LogP contribution < -0.4 is 4.74 Å². The highest BCUT2D eigenvalue weighted by Crippen LogP contribution is 2.24. The number of methoxy groups -OCH3 is 1. The second-order valence-corrected chi connectivity index (χ2v) is 4.87. The first-order chi connectivity index (χ1) is 9.10. The summed E-state index contributed by atoms with van der Waals surface area (Å²) in [5, 5.41) is 0.536. The Balaban J connectivity index is 2.27. The van der Waals surface area contributed by atoms with Crippen LogP contribution in [0.25, 0.3) is 0 Å². The van der Waals surface area contributed by atoms with Gasteiger partial charge in [0.15, 0.2) is 5.78 Å². The first-order valence-electron chi connectivity index (χ1n) is 6.02. The Morgan fingerprint density at radius 1 is 1.21 bits per heavy atom. The predicted octanol–water partition coefficient (Wildman–Crippen LogP) is 4.08. The molecule has 0 radical (unpaired) electrons. The molecule has 2 rings (SSSR count). The van der Waals surface area contributed by atoms with Crippen molar-refractivity contribution in [2.24, 2.45) is 0 Å². The summed E-state index contributed by atoms with van der Waals surface area (Å²) in [6, 6.07) is 13.0. The molecule has 0 unspecified atom stereocenters. The van der Waals surface area contributed by atoms with Crippen LogP contribution in [0.5, 0.6) is 5.75 Å². The summed E-state index contributed by atoms with van der Waals surface area (Å²) in [6.45, 7) is 2.01. The van der Waals surface area contributed by atoms with Crippen molar-refractivity contribution in [3.05, 3.63) is 64.2 Å². The number of Topliss-reactive ketones (excluding diaryl/α,β-unsaturated/α-hetero) is 1. The average Bonchev–Trinajstić information content (AvgIpc) is 2.38. The molecule has 0 amide bonds. The smallest absolute Gasteiger partial charge is 0.171 e. The van der Waals surface area contributed by atoms with E-state index in [1.807, 2.05) is 31.2 Å². The van der Waals surface area contributed by atoms with Crippen molar-refractivity contribution >= 4 is 17.4 Å². The fraction of sp³-hybridized carbons (Fsp3) is 0.188. The van der Waals surface area contributed by atoms with E-state index in [-0.39, 0.29) is 5.78 Å². The number of ether oxygens (including phenoxy) is 1. The van der Waals surface area contributed by atoms with Crippen LogP contribution in [0.15, 0.2) is 42.5 Å². The van der Waals surface area contributed by atoms with Crippen molar-refractivity contribution in [3.63, 3.8) is 0 Å². The summed E-state index contributed by atoms with van der Waals surface area (Å²) in [4.78, 5) is 12.3. The SMILES string of the molecule is COc1ccc(Cl)cc1C(=O)Cc1cccc(C)c1. The van der Waals surface area contributed by atoms with Gasteiger partial charge in [0.05, 0.1) is 12.7 Å². The van der Waals surface area contributed by atoms with Crippen LogP contribution in [0.3, 0.4) is 0 Å². The molecule has 98 valence electrons. The van der Waals surface area contributed by atoms with Crippen molar-refractivity contribution in [2.45, 2.75) is 13.3 Å². The zero-order valence-electron chi connectivity index (χ0n) is 10.9. The molecule has 0 aliphatic rings. The van der Waals surface area contributed by atoms with Crippen LogP contribution in [0.1, 0.15) is 21.5 Å². The minimum absolute atomic E-state index is 0.00458. The van der Waals surface area contributed by atoms with Gasteiger partial charge in [-0.15, -0.1) is 0 Å². The van der Waals surface area contributed by atoms with Crippen LogP contribution in [-0.4, -0.2) is 12.9 Å². The maximum Gasteiger partial charge on any atom is 0.171 e. The molecule has 0 bridgehead atoms. The van der Waals surface area contributed by atoms with Crippen molar-refractivity contribution in [3.8, 4) is 5.75 Å². The predicted molar refractivity (Wildman–Crippen MR) is 77.2 cm³/mol. The lowest BCUT2D eigenvalue weighted by atomic mass is 10.0. The molecular weight excluding hydrogens is 260 g/mol. The molecule has 0 heterocycles. The third-order valence-electron chi connectivity index (χ3n) is 2.91. The van der Waals surface area contributed by atoms with Crippen molar-refractivity contribution in [1.29, 1.82) is 0 Å². The second-order valence-electron chi connectivity index (χ2n) is 4.43. The van der Waals surface area contributed by atoms with E-state index in [0.29, 0.717) is 22.8 Å². The average molecular weight is 275 g/mol. The third-order valence-corrected chi connectivity index (χ3v) is 3.14. The normalized spacial score (nSPS) is 10.3. The molecule has 19 heavy (non-hydrogen) atoms. The lowest BCUT2D eigenvalue weighted by molar-refractivity contribution is 0.0990. The van der Waals surface area contributed by atoms with Gasteiger partial charge in [-0.25, -0.2) is 0 Å². The Hall–Kier alpha value is -1.80. The molecule has 0 aliphatic carbocycles. The van der Waals surface area contributed by atoms with E-state index in [2.05, 4.69) is 0 Å². The summed E-state index contributed by atoms with van der Waals surface area (Å²) >= 11 is 5.94. The van der Waals surface area contributed by atoms with E-state index in [0.717, 1.165) is 11.1 Å². The van der Waals surface area contributed by atoms with Crippen LogP contribution >= 0.6 is 11.6 Å². The zero-order chi connectivity index (χ0) is 13.8. The van der Waals surface area contributed by atoms with E-state index in [9.17, 15) is 4.79 Å². The van der Waals surface area contributed by atoms with Gasteiger partial charge in [-0.1, -0.05) is 41.4 Å². The van der Waals surface area contributed by atoms with Gasteiger partial charge in [-0.05, 0) is 30.7 Å². The van der Waals surface area contributed by atoms with Gasteiger partial charge in [0.1, 0.15) is 5.75 Å². The second kappa shape index (κ2) is 5.89. The van der Waals surface area contributed by atoms with Crippen molar-refractivity contribution in [2.75, 3.05) is 7.11 Å². The Bertz CT molecular complexity index is 605. The van der Waals surface area contributed by atoms with Crippen LogP contribution in [-0.2, 0) is 6.42 Å². The lowest BCUT2D eigenvalue weighted by Gasteiger charge is -2.08. The van der Waals surface area contributed by atoms with Crippen LogP contribution in [0.4, 0.5) is 0 Å². The van der Waals surface area contributed by atoms with E-state index < -0.39 is 0 Å². The monoisotopic (exact) mass is 274 g/mol. The molecule has 3 heteroatoms. The number of rotatable bonds is 4. The molecule has 0 atom stereocenters. The van der Waals surface area contributed by atoms with Crippen LogP contribution in [0.2, 0.25) is 5.02 Å². The number of carbonyl (C=O) groups excluding carboxylic acids is 1. The van der Waals surface area contributed by atoms with Gasteiger partial charge < -0.3 is 4.74 Å². The number of benzene rings is 2. The Morgan fingerprint density at radius 3 is 2.68 bits per heavy atom. The first-order valence-corrected chi connectivity index (χ1v) is 6.40. The van der Waals surface area contributed by atoms with Crippen molar-refractivity contribution in [1.82, 2.24) is 0 Å². The molecule has 2 aromatic rings. The number of hydrogen-bond acceptors (Lipinski definition) is 2.